The Balaban J connectivity index is 1.81. The molecule has 0 saturated heterocycles. The molecule has 2 aliphatic carbocycles. The van der Waals surface area contributed by atoms with E-state index in [1.54, 1.807) is 6.92 Å². The fraction of sp³-hybridized carbons (Fsp3) is 0.769. The largest absolute Gasteiger partial charge is 0.343 e. The van der Waals surface area contributed by atoms with E-state index >= 15 is 0 Å². The lowest BCUT2D eigenvalue weighted by Crippen LogP contribution is -2.45. The van der Waals surface area contributed by atoms with Crippen LogP contribution in [0.25, 0.3) is 0 Å². The van der Waals surface area contributed by atoms with Gasteiger partial charge in [-0.25, -0.2) is 0 Å². The Morgan fingerprint density at radius 2 is 2.11 bits per heavy atom. The van der Waals surface area contributed by atoms with Crippen molar-refractivity contribution in [2.75, 3.05) is 0 Å². The molecule has 1 aromatic rings. The number of aromatic nitrogens is 2. The van der Waals surface area contributed by atoms with Crippen molar-refractivity contribution in [2.24, 2.45) is 11.8 Å². The maximum atomic E-state index is 12.2. The van der Waals surface area contributed by atoms with Gasteiger partial charge in [-0.1, -0.05) is 24.9 Å². The molecule has 1 N–H and O–H groups in total. The third kappa shape index (κ3) is 1.91. The number of rotatable bonds is 3. The van der Waals surface area contributed by atoms with Gasteiger partial charge < -0.3 is 9.84 Å². The minimum atomic E-state index is -0.378. The van der Waals surface area contributed by atoms with Crippen LogP contribution in [0.2, 0.25) is 0 Å². The third-order valence-corrected chi connectivity index (χ3v) is 4.22. The molecule has 2 unspecified atom stereocenters. The van der Waals surface area contributed by atoms with Crippen LogP contribution in [0.1, 0.15) is 50.7 Å². The van der Waals surface area contributed by atoms with Crippen LogP contribution in [0.3, 0.4) is 0 Å². The van der Waals surface area contributed by atoms with Crippen LogP contribution in [0.4, 0.5) is 0 Å². The number of carbonyl (C=O) groups is 1. The number of nitrogens with zero attached hydrogens (tertiary/aromatic N) is 2. The summed E-state index contributed by atoms with van der Waals surface area (Å²) in [5, 5.41) is 7.21. The van der Waals surface area contributed by atoms with Crippen molar-refractivity contribution < 1.29 is 9.32 Å². The van der Waals surface area contributed by atoms with Gasteiger partial charge in [-0.05, 0) is 25.2 Å². The van der Waals surface area contributed by atoms with Gasteiger partial charge in [0.2, 0.25) is 11.8 Å². The van der Waals surface area contributed by atoms with Crippen LogP contribution in [-0.2, 0) is 10.3 Å². The molecule has 98 valence electrons. The molecule has 5 heteroatoms. The fourth-order valence-corrected chi connectivity index (χ4v) is 2.89. The highest BCUT2D eigenvalue weighted by Gasteiger charge is 2.46. The Kier molecular flexibility index (Phi) is 2.64. The summed E-state index contributed by atoms with van der Waals surface area (Å²) in [6, 6.07) is 0. The molecule has 1 aromatic heterocycles. The zero-order valence-electron chi connectivity index (χ0n) is 10.9. The molecule has 18 heavy (non-hydrogen) atoms. The summed E-state index contributed by atoms with van der Waals surface area (Å²) in [4.78, 5) is 16.5. The summed E-state index contributed by atoms with van der Waals surface area (Å²) >= 11 is 0. The van der Waals surface area contributed by atoms with Crippen LogP contribution in [-0.4, -0.2) is 16.0 Å². The maximum Gasteiger partial charge on any atom is 0.224 e. The number of amides is 1. The Labute approximate surface area is 106 Å². The minimum Gasteiger partial charge on any atom is -0.343 e. The molecule has 1 amide bonds. The zero-order valence-corrected chi connectivity index (χ0v) is 10.9. The molecule has 0 bridgehead atoms. The van der Waals surface area contributed by atoms with Gasteiger partial charge in [0.15, 0.2) is 5.82 Å². The molecule has 1 heterocycles. The van der Waals surface area contributed by atoms with Crippen molar-refractivity contribution >= 4 is 5.91 Å². The second-order valence-corrected chi connectivity index (χ2v) is 5.73. The van der Waals surface area contributed by atoms with E-state index in [2.05, 4.69) is 22.4 Å². The molecule has 5 nitrogen and oxygen atoms in total. The summed E-state index contributed by atoms with van der Waals surface area (Å²) < 4.78 is 5.07. The van der Waals surface area contributed by atoms with Crippen molar-refractivity contribution in [1.29, 1.82) is 0 Å². The zero-order chi connectivity index (χ0) is 12.8. The molecule has 0 spiro atoms. The highest BCUT2D eigenvalue weighted by Crippen LogP contribution is 2.41. The van der Waals surface area contributed by atoms with Crippen molar-refractivity contribution in [3.63, 3.8) is 0 Å². The number of hydrogen-bond acceptors (Lipinski definition) is 4. The molecule has 2 aliphatic rings. The lowest BCUT2D eigenvalue weighted by molar-refractivity contribution is -0.124. The number of hydrogen-bond donors (Lipinski definition) is 1. The van der Waals surface area contributed by atoms with E-state index in [0.29, 0.717) is 17.6 Å². The Bertz CT molecular complexity index is 463. The quantitative estimate of drug-likeness (QED) is 0.888. The van der Waals surface area contributed by atoms with Crippen LogP contribution in [0, 0.1) is 18.8 Å². The Morgan fingerprint density at radius 1 is 1.44 bits per heavy atom. The van der Waals surface area contributed by atoms with Crippen molar-refractivity contribution in [2.45, 2.75) is 51.5 Å². The van der Waals surface area contributed by atoms with Crippen LogP contribution in [0.5, 0.6) is 0 Å². The highest BCUT2D eigenvalue weighted by atomic mass is 16.5. The monoisotopic (exact) mass is 249 g/mol. The Hall–Kier alpha value is -1.39. The summed E-state index contributed by atoms with van der Waals surface area (Å²) in [5.41, 5.74) is -0.378. The van der Waals surface area contributed by atoms with Gasteiger partial charge in [0, 0.05) is 12.8 Å². The molecule has 2 fully saturated rings. The summed E-state index contributed by atoms with van der Waals surface area (Å²) in [6.07, 6.45) is 5.05. The van der Waals surface area contributed by atoms with Gasteiger partial charge in [0.05, 0.1) is 0 Å². The first-order chi connectivity index (χ1) is 8.61. The average molecular weight is 249 g/mol. The summed E-state index contributed by atoms with van der Waals surface area (Å²) in [6.45, 7) is 3.90. The lowest BCUT2D eigenvalue weighted by atomic mass is 9.96. The molecule has 2 atom stereocenters. The predicted octanol–water partition coefficient (Wildman–Crippen LogP) is 1.92. The minimum absolute atomic E-state index is 0.159. The second-order valence-electron chi connectivity index (χ2n) is 5.73. The summed E-state index contributed by atoms with van der Waals surface area (Å²) in [5.74, 6) is 2.09. The molecule has 0 aromatic carbocycles. The van der Waals surface area contributed by atoms with E-state index in [-0.39, 0.29) is 17.4 Å². The first-order valence-electron chi connectivity index (χ1n) is 6.73. The topological polar surface area (TPSA) is 68.0 Å². The van der Waals surface area contributed by atoms with Crippen LogP contribution < -0.4 is 5.32 Å². The number of nitrogens with one attached hydrogen (secondary N) is 1. The molecule has 2 saturated carbocycles. The van der Waals surface area contributed by atoms with E-state index in [4.69, 9.17) is 4.52 Å². The van der Waals surface area contributed by atoms with Gasteiger partial charge in [0.25, 0.3) is 0 Å². The average Bonchev–Trinajstić information content (AvgIpc) is 2.77. The van der Waals surface area contributed by atoms with Crippen molar-refractivity contribution in [3.05, 3.63) is 11.7 Å². The number of aryl methyl sites for hydroxylation is 1. The fourth-order valence-electron chi connectivity index (χ4n) is 2.89. The van der Waals surface area contributed by atoms with Crippen molar-refractivity contribution in [1.82, 2.24) is 15.5 Å². The third-order valence-electron chi connectivity index (χ3n) is 4.22. The first kappa shape index (κ1) is 11.7. The Morgan fingerprint density at radius 3 is 2.61 bits per heavy atom. The van der Waals surface area contributed by atoms with E-state index in [1.807, 2.05) is 0 Å². The van der Waals surface area contributed by atoms with Gasteiger partial charge in [-0.2, -0.15) is 4.98 Å². The SMILES string of the molecule is Cc1nc(C2(NC(=O)C3CC3C)CCCC2)no1. The van der Waals surface area contributed by atoms with Crippen molar-refractivity contribution in [3.8, 4) is 0 Å². The van der Waals surface area contributed by atoms with E-state index in [1.165, 1.54) is 0 Å². The standard InChI is InChI=1S/C13H19N3O2/c1-8-7-10(8)11(17)15-13(5-3-4-6-13)12-14-9(2)18-16-12/h8,10H,3-7H2,1-2H3,(H,15,17). The summed E-state index contributed by atoms with van der Waals surface area (Å²) in [7, 11) is 0. The maximum absolute atomic E-state index is 12.2. The highest BCUT2D eigenvalue weighted by molar-refractivity contribution is 5.82. The van der Waals surface area contributed by atoms with Crippen LogP contribution >= 0.6 is 0 Å². The second kappa shape index (κ2) is 4.07. The molecule has 0 radical (unpaired) electrons. The molecular formula is C13H19N3O2. The van der Waals surface area contributed by atoms with E-state index < -0.39 is 0 Å². The van der Waals surface area contributed by atoms with Gasteiger partial charge in [0.1, 0.15) is 5.54 Å². The molecule has 0 aliphatic heterocycles. The number of carbonyl (C=O) groups excluding carboxylic acids is 1. The van der Waals surface area contributed by atoms with E-state index in [9.17, 15) is 4.79 Å². The van der Waals surface area contributed by atoms with Gasteiger partial charge in [-0.15, -0.1) is 0 Å². The molecular weight excluding hydrogens is 230 g/mol. The lowest BCUT2D eigenvalue weighted by Gasteiger charge is -2.26. The van der Waals surface area contributed by atoms with Gasteiger partial charge >= 0.3 is 0 Å². The predicted molar refractivity (Wildman–Crippen MR) is 64.6 cm³/mol. The normalized spacial score (nSPS) is 29.2. The van der Waals surface area contributed by atoms with Crippen LogP contribution in [0.15, 0.2) is 4.52 Å². The smallest absolute Gasteiger partial charge is 0.224 e. The van der Waals surface area contributed by atoms with Gasteiger partial charge in [-0.3, -0.25) is 4.79 Å². The van der Waals surface area contributed by atoms with E-state index in [0.717, 1.165) is 32.1 Å². The molecule has 3 rings (SSSR count). The first-order valence-corrected chi connectivity index (χ1v) is 6.73.